The molecule has 0 unspecified atom stereocenters. The third kappa shape index (κ3) is 3.17. The van der Waals surface area contributed by atoms with Crippen LogP contribution in [0.25, 0.3) is 0 Å². The van der Waals surface area contributed by atoms with Crippen LogP contribution < -0.4 is 4.90 Å². The van der Waals surface area contributed by atoms with Gasteiger partial charge < -0.3 is 4.90 Å². The van der Waals surface area contributed by atoms with E-state index in [1.807, 2.05) is 0 Å². The van der Waals surface area contributed by atoms with Crippen LogP contribution >= 0.6 is 11.6 Å². The molecular formula is C13H10ClF3N2. The summed E-state index contributed by atoms with van der Waals surface area (Å²) in [6, 6.07) is 9.35. The van der Waals surface area contributed by atoms with Crippen molar-refractivity contribution in [1.29, 1.82) is 0 Å². The van der Waals surface area contributed by atoms with Crippen molar-refractivity contribution in [1.82, 2.24) is 4.98 Å². The largest absolute Gasteiger partial charge is 0.433 e. The normalized spacial score (nSPS) is 11.4. The fraction of sp³-hybridized carbons (Fsp3) is 0.154. The van der Waals surface area contributed by atoms with E-state index < -0.39 is 11.9 Å². The molecule has 19 heavy (non-hydrogen) atoms. The first-order valence-corrected chi connectivity index (χ1v) is 5.78. The van der Waals surface area contributed by atoms with Crippen molar-refractivity contribution in [3.63, 3.8) is 0 Å². The van der Waals surface area contributed by atoms with Crippen molar-refractivity contribution in [3.05, 3.63) is 53.3 Å². The first-order chi connectivity index (χ1) is 8.88. The number of benzene rings is 1. The lowest BCUT2D eigenvalue weighted by atomic mass is 10.2. The Kier molecular flexibility index (Phi) is 3.66. The molecule has 0 aliphatic heterocycles. The fourth-order valence-corrected chi connectivity index (χ4v) is 1.72. The van der Waals surface area contributed by atoms with Crippen LogP contribution in [0, 0.1) is 0 Å². The summed E-state index contributed by atoms with van der Waals surface area (Å²) in [5.41, 5.74) is 0.235. The Morgan fingerprint density at radius 2 is 1.68 bits per heavy atom. The summed E-state index contributed by atoms with van der Waals surface area (Å²) in [7, 11) is 1.68. The van der Waals surface area contributed by atoms with E-state index in [9.17, 15) is 13.2 Å². The molecule has 0 saturated carbocycles. The van der Waals surface area contributed by atoms with E-state index in [-0.39, 0.29) is 0 Å². The van der Waals surface area contributed by atoms with Crippen LogP contribution in [-0.2, 0) is 6.18 Å². The number of nitrogens with zero attached hydrogens (tertiary/aromatic N) is 2. The maximum atomic E-state index is 12.6. The molecule has 0 aliphatic rings. The zero-order valence-corrected chi connectivity index (χ0v) is 10.7. The lowest BCUT2D eigenvalue weighted by molar-refractivity contribution is -0.141. The van der Waals surface area contributed by atoms with Crippen LogP contribution in [0.5, 0.6) is 0 Å². The number of hydrogen-bond acceptors (Lipinski definition) is 2. The molecule has 0 bridgehead atoms. The van der Waals surface area contributed by atoms with Gasteiger partial charge in [0, 0.05) is 29.6 Å². The average Bonchev–Trinajstić information content (AvgIpc) is 2.38. The average molecular weight is 287 g/mol. The number of pyridine rings is 1. The van der Waals surface area contributed by atoms with E-state index in [0.29, 0.717) is 10.7 Å². The van der Waals surface area contributed by atoms with Crippen molar-refractivity contribution in [3.8, 4) is 0 Å². The monoisotopic (exact) mass is 286 g/mol. The summed E-state index contributed by atoms with van der Waals surface area (Å²) in [5.74, 6) is 0. The second-order valence-corrected chi connectivity index (χ2v) is 4.37. The molecule has 2 rings (SSSR count). The van der Waals surface area contributed by atoms with Crippen molar-refractivity contribution < 1.29 is 13.2 Å². The molecule has 0 atom stereocenters. The van der Waals surface area contributed by atoms with E-state index in [1.54, 1.807) is 36.2 Å². The van der Waals surface area contributed by atoms with Gasteiger partial charge >= 0.3 is 6.18 Å². The van der Waals surface area contributed by atoms with Gasteiger partial charge in [-0.2, -0.15) is 13.2 Å². The lowest BCUT2D eigenvalue weighted by Gasteiger charge is -2.20. The highest BCUT2D eigenvalue weighted by Gasteiger charge is 2.32. The second-order valence-electron chi connectivity index (χ2n) is 3.93. The van der Waals surface area contributed by atoms with Gasteiger partial charge in [0.2, 0.25) is 0 Å². The smallest absolute Gasteiger partial charge is 0.345 e. The van der Waals surface area contributed by atoms with Crippen LogP contribution in [0.15, 0.2) is 42.6 Å². The van der Waals surface area contributed by atoms with Gasteiger partial charge in [-0.3, -0.25) is 4.98 Å². The molecule has 0 spiro atoms. The van der Waals surface area contributed by atoms with Crippen LogP contribution in [0.1, 0.15) is 5.69 Å². The third-order valence-electron chi connectivity index (χ3n) is 2.64. The Hall–Kier alpha value is -1.75. The minimum absolute atomic E-state index is 0.407. The molecule has 0 N–H and O–H groups in total. The molecule has 0 radical (unpaired) electrons. The van der Waals surface area contributed by atoms with Gasteiger partial charge in [-0.1, -0.05) is 11.6 Å². The number of hydrogen-bond donors (Lipinski definition) is 0. The van der Waals surface area contributed by atoms with E-state index >= 15 is 0 Å². The number of aromatic nitrogens is 1. The van der Waals surface area contributed by atoms with Gasteiger partial charge in [-0.05, 0) is 36.4 Å². The zero-order chi connectivity index (χ0) is 14.0. The molecule has 0 saturated heterocycles. The van der Waals surface area contributed by atoms with E-state index in [2.05, 4.69) is 4.98 Å². The van der Waals surface area contributed by atoms with Crippen LogP contribution in [0.3, 0.4) is 0 Å². The highest BCUT2D eigenvalue weighted by molar-refractivity contribution is 6.30. The number of alkyl halides is 3. The topological polar surface area (TPSA) is 16.1 Å². The number of rotatable bonds is 2. The molecule has 1 aromatic carbocycles. The summed E-state index contributed by atoms with van der Waals surface area (Å²) in [5, 5.41) is 0.572. The van der Waals surface area contributed by atoms with Crippen molar-refractivity contribution in [2.24, 2.45) is 0 Å². The highest BCUT2D eigenvalue weighted by atomic mass is 35.5. The molecule has 100 valence electrons. The van der Waals surface area contributed by atoms with E-state index in [0.717, 1.165) is 18.0 Å². The molecule has 0 aliphatic carbocycles. The SMILES string of the molecule is CN(c1ccc(Cl)cc1)c1ccnc(C(F)(F)F)c1. The standard InChI is InChI=1S/C13H10ClF3N2/c1-19(10-4-2-9(14)3-5-10)11-6-7-18-12(8-11)13(15,16)17/h2-8H,1H3. The second kappa shape index (κ2) is 5.09. The van der Waals surface area contributed by atoms with Gasteiger partial charge in [0.1, 0.15) is 5.69 Å². The minimum atomic E-state index is -4.45. The molecular weight excluding hydrogens is 277 g/mol. The highest BCUT2D eigenvalue weighted by Crippen LogP contribution is 2.31. The van der Waals surface area contributed by atoms with E-state index in [4.69, 9.17) is 11.6 Å². The predicted octanol–water partition coefficient (Wildman–Crippen LogP) is 4.52. The Bertz CT molecular complexity index is 567. The molecule has 2 aromatic rings. The minimum Gasteiger partial charge on any atom is -0.345 e. The first kappa shape index (κ1) is 13.7. The van der Waals surface area contributed by atoms with E-state index in [1.165, 1.54) is 6.07 Å². The fourth-order valence-electron chi connectivity index (χ4n) is 1.60. The molecule has 2 nitrogen and oxygen atoms in total. The van der Waals surface area contributed by atoms with Gasteiger partial charge in [-0.15, -0.1) is 0 Å². The number of anilines is 2. The van der Waals surface area contributed by atoms with Crippen molar-refractivity contribution >= 4 is 23.0 Å². The predicted molar refractivity (Wildman–Crippen MR) is 68.8 cm³/mol. The van der Waals surface area contributed by atoms with Crippen LogP contribution in [-0.4, -0.2) is 12.0 Å². The summed E-state index contributed by atoms with van der Waals surface area (Å²) >= 11 is 5.77. The van der Waals surface area contributed by atoms with Gasteiger partial charge in [0.15, 0.2) is 0 Å². The van der Waals surface area contributed by atoms with Crippen LogP contribution in [0.2, 0.25) is 5.02 Å². The lowest BCUT2D eigenvalue weighted by Crippen LogP contribution is -2.13. The summed E-state index contributed by atoms with van der Waals surface area (Å²) < 4.78 is 37.8. The quantitative estimate of drug-likeness (QED) is 0.807. The molecule has 6 heteroatoms. The maximum absolute atomic E-state index is 12.6. The van der Waals surface area contributed by atoms with Gasteiger partial charge in [-0.25, -0.2) is 0 Å². The Balaban J connectivity index is 2.34. The van der Waals surface area contributed by atoms with Crippen molar-refractivity contribution in [2.45, 2.75) is 6.18 Å². The summed E-state index contributed by atoms with van der Waals surface area (Å²) in [6.45, 7) is 0. The Labute approximate surface area is 113 Å². The Morgan fingerprint density at radius 1 is 1.05 bits per heavy atom. The number of halogens is 4. The maximum Gasteiger partial charge on any atom is 0.433 e. The third-order valence-corrected chi connectivity index (χ3v) is 2.89. The molecule has 0 amide bonds. The van der Waals surface area contributed by atoms with Gasteiger partial charge in [0.25, 0.3) is 0 Å². The van der Waals surface area contributed by atoms with Crippen LogP contribution in [0.4, 0.5) is 24.5 Å². The first-order valence-electron chi connectivity index (χ1n) is 5.40. The summed E-state index contributed by atoms with van der Waals surface area (Å²) in [4.78, 5) is 4.96. The van der Waals surface area contributed by atoms with Gasteiger partial charge in [0.05, 0.1) is 0 Å². The molecule has 1 aromatic heterocycles. The zero-order valence-electron chi connectivity index (χ0n) is 9.95. The van der Waals surface area contributed by atoms with Crippen molar-refractivity contribution in [2.75, 3.05) is 11.9 Å². The summed E-state index contributed by atoms with van der Waals surface area (Å²) in [6.07, 6.45) is -3.30. The molecule has 0 fully saturated rings. The Morgan fingerprint density at radius 3 is 2.26 bits per heavy atom. The molecule has 1 heterocycles.